The van der Waals surface area contributed by atoms with Gasteiger partial charge in [-0.05, 0) is 34.5 Å². The van der Waals surface area contributed by atoms with E-state index >= 15 is 0 Å². The zero-order chi connectivity index (χ0) is 15.7. The molecule has 0 fully saturated rings. The topological polar surface area (TPSA) is 72.2 Å². The predicted octanol–water partition coefficient (Wildman–Crippen LogP) is 5.05. The number of halogens is 1. The molecule has 0 saturated heterocycles. The van der Waals surface area contributed by atoms with E-state index in [1.165, 1.54) is 31.7 Å². The van der Waals surface area contributed by atoms with Gasteiger partial charge in [0.1, 0.15) is 0 Å². The van der Waals surface area contributed by atoms with Crippen molar-refractivity contribution < 1.29 is 9.72 Å². The number of anilines is 1. The Morgan fingerprint density at radius 3 is 2.52 bits per heavy atom. The summed E-state index contributed by atoms with van der Waals surface area (Å²) in [6.45, 7) is 2.18. The van der Waals surface area contributed by atoms with Gasteiger partial charge in [0.2, 0.25) is 5.91 Å². The van der Waals surface area contributed by atoms with E-state index in [4.69, 9.17) is 0 Å². The minimum Gasteiger partial charge on any atom is -0.326 e. The number of unbranched alkanes of at least 4 members (excludes halogenated alkanes) is 5. The van der Waals surface area contributed by atoms with Crippen molar-refractivity contribution in [3.8, 4) is 0 Å². The second kappa shape index (κ2) is 9.50. The summed E-state index contributed by atoms with van der Waals surface area (Å²) in [6, 6.07) is 4.48. The SMILES string of the molecule is CCCCCCCCC(=O)Nc1ccc([N+](=O)[O-])c(Br)c1. The Kier molecular flexibility index (Phi) is 7.97. The van der Waals surface area contributed by atoms with E-state index < -0.39 is 4.92 Å². The molecule has 0 radical (unpaired) electrons. The highest BCUT2D eigenvalue weighted by molar-refractivity contribution is 9.10. The average molecular weight is 357 g/mol. The number of nitro benzene ring substituents is 1. The first-order chi connectivity index (χ1) is 10.0. The lowest BCUT2D eigenvalue weighted by Crippen LogP contribution is -2.11. The molecule has 0 spiro atoms. The van der Waals surface area contributed by atoms with Crippen LogP contribution in [0.1, 0.15) is 51.9 Å². The molecule has 1 N–H and O–H groups in total. The number of nitrogens with zero attached hydrogens (tertiary/aromatic N) is 1. The van der Waals surface area contributed by atoms with Crippen molar-refractivity contribution in [3.05, 3.63) is 32.8 Å². The first kappa shape index (κ1) is 17.6. The molecule has 1 aromatic rings. The molecule has 0 saturated carbocycles. The van der Waals surface area contributed by atoms with Crippen LogP contribution in [-0.2, 0) is 4.79 Å². The molecule has 0 atom stereocenters. The van der Waals surface area contributed by atoms with Crippen molar-refractivity contribution in [1.29, 1.82) is 0 Å². The molecule has 0 aromatic heterocycles. The lowest BCUT2D eigenvalue weighted by Gasteiger charge is -2.06. The third-order valence-electron chi connectivity index (χ3n) is 3.19. The summed E-state index contributed by atoms with van der Waals surface area (Å²) in [6.07, 6.45) is 7.30. The van der Waals surface area contributed by atoms with Crippen molar-refractivity contribution in [2.45, 2.75) is 51.9 Å². The molecular formula is C15H21BrN2O3. The lowest BCUT2D eigenvalue weighted by molar-refractivity contribution is -0.385. The molecule has 5 nitrogen and oxygen atoms in total. The van der Waals surface area contributed by atoms with E-state index in [-0.39, 0.29) is 11.6 Å². The van der Waals surface area contributed by atoms with Gasteiger partial charge >= 0.3 is 0 Å². The van der Waals surface area contributed by atoms with Crippen LogP contribution in [-0.4, -0.2) is 10.8 Å². The first-order valence-corrected chi connectivity index (χ1v) is 8.07. The van der Waals surface area contributed by atoms with E-state index in [2.05, 4.69) is 28.2 Å². The smallest absolute Gasteiger partial charge is 0.283 e. The number of carbonyl (C=O) groups is 1. The highest BCUT2D eigenvalue weighted by atomic mass is 79.9. The largest absolute Gasteiger partial charge is 0.326 e. The van der Waals surface area contributed by atoms with Crippen LogP contribution in [0.2, 0.25) is 0 Å². The van der Waals surface area contributed by atoms with E-state index in [1.54, 1.807) is 12.1 Å². The number of hydrogen-bond acceptors (Lipinski definition) is 3. The Morgan fingerprint density at radius 2 is 1.90 bits per heavy atom. The molecule has 1 amide bonds. The van der Waals surface area contributed by atoms with Crippen LogP contribution >= 0.6 is 15.9 Å². The van der Waals surface area contributed by atoms with Crippen LogP contribution in [0.4, 0.5) is 11.4 Å². The molecule has 0 aliphatic heterocycles. The molecule has 0 aliphatic rings. The van der Waals surface area contributed by atoms with Gasteiger partial charge in [0.25, 0.3) is 5.69 Å². The van der Waals surface area contributed by atoms with E-state index in [9.17, 15) is 14.9 Å². The van der Waals surface area contributed by atoms with Gasteiger partial charge in [-0.15, -0.1) is 0 Å². The van der Waals surface area contributed by atoms with Crippen LogP contribution in [0, 0.1) is 10.1 Å². The van der Waals surface area contributed by atoms with Crippen LogP contribution in [0.5, 0.6) is 0 Å². The average Bonchev–Trinajstić information content (AvgIpc) is 2.42. The minimum atomic E-state index is -0.466. The number of benzene rings is 1. The van der Waals surface area contributed by atoms with Gasteiger partial charge in [0, 0.05) is 18.2 Å². The summed E-state index contributed by atoms with van der Waals surface area (Å²) in [7, 11) is 0. The summed E-state index contributed by atoms with van der Waals surface area (Å²) in [4.78, 5) is 22.0. The van der Waals surface area contributed by atoms with Crippen molar-refractivity contribution in [1.82, 2.24) is 0 Å². The molecule has 0 unspecified atom stereocenters. The van der Waals surface area contributed by atoms with Gasteiger partial charge in [-0.25, -0.2) is 0 Å². The number of rotatable bonds is 9. The second-order valence-electron chi connectivity index (χ2n) is 4.99. The van der Waals surface area contributed by atoms with Crippen LogP contribution in [0.25, 0.3) is 0 Å². The van der Waals surface area contributed by atoms with E-state index in [0.29, 0.717) is 16.6 Å². The highest BCUT2D eigenvalue weighted by Gasteiger charge is 2.12. The number of hydrogen-bond donors (Lipinski definition) is 1. The molecule has 0 heterocycles. The zero-order valence-corrected chi connectivity index (χ0v) is 13.8. The quantitative estimate of drug-likeness (QED) is 0.382. The van der Waals surface area contributed by atoms with Gasteiger partial charge < -0.3 is 5.32 Å². The zero-order valence-electron chi connectivity index (χ0n) is 12.2. The Labute approximate surface area is 133 Å². The number of carbonyl (C=O) groups excluding carboxylic acids is 1. The molecule has 21 heavy (non-hydrogen) atoms. The fourth-order valence-corrected chi connectivity index (χ4v) is 2.55. The van der Waals surface area contributed by atoms with Crippen molar-refractivity contribution in [2.24, 2.45) is 0 Å². The highest BCUT2D eigenvalue weighted by Crippen LogP contribution is 2.27. The lowest BCUT2D eigenvalue weighted by atomic mass is 10.1. The maximum absolute atomic E-state index is 11.8. The van der Waals surface area contributed by atoms with E-state index in [0.717, 1.165) is 12.8 Å². The Hall–Kier alpha value is -1.43. The van der Waals surface area contributed by atoms with E-state index in [1.807, 2.05) is 0 Å². The van der Waals surface area contributed by atoms with Crippen LogP contribution in [0.3, 0.4) is 0 Å². The van der Waals surface area contributed by atoms with Crippen LogP contribution < -0.4 is 5.32 Å². The normalized spacial score (nSPS) is 10.4. The summed E-state index contributed by atoms with van der Waals surface area (Å²) in [5.74, 6) is -0.0498. The molecule has 1 rings (SSSR count). The summed E-state index contributed by atoms with van der Waals surface area (Å²) >= 11 is 3.13. The molecule has 116 valence electrons. The fourth-order valence-electron chi connectivity index (χ4n) is 2.02. The van der Waals surface area contributed by atoms with Gasteiger partial charge in [0.05, 0.1) is 9.40 Å². The summed E-state index contributed by atoms with van der Waals surface area (Å²) < 4.78 is 0.366. The van der Waals surface area contributed by atoms with Gasteiger partial charge in [-0.2, -0.15) is 0 Å². The minimum absolute atomic E-state index is 0.0103. The third kappa shape index (κ3) is 6.71. The van der Waals surface area contributed by atoms with Gasteiger partial charge in [0.15, 0.2) is 0 Å². The van der Waals surface area contributed by atoms with Crippen molar-refractivity contribution in [3.63, 3.8) is 0 Å². The standard InChI is InChI=1S/C15H21BrN2O3/c1-2-3-4-5-6-7-8-15(19)17-12-9-10-14(18(20)21)13(16)11-12/h9-11H,2-8H2,1H3,(H,17,19). The Bertz CT molecular complexity index is 492. The first-order valence-electron chi connectivity index (χ1n) is 7.28. The Morgan fingerprint density at radius 1 is 1.24 bits per heavy atom. The summed E-state index contributed by atoms with van der Waals surface area (Å²) in [5, 5.41) is 13.5. The van der Waals surface area contributed by atoms with Crippen molar-refractivity contribution >= 4 is 33.2 Å². The molecule has 0 aliphatic carbocycles. The maximum Gasteiger partial charge on any atom is 0.283 e. The molecule has 6 heteroatoms. The number of amides is 1. The third-order valence-corrected chi connectivity index (χ3v) is 3.82. The van der Waals surface area contributed by atoms with Gasteiger partial charge in [-0.3, -0.25) is 14.9 Å². The predicted molar refractivity (Wildman–Crippen MR) is 87.4 cm³/mol. The molecular weight excluding hydrogens is 336 g/mol. The number of nitrogens with one attached hydrogen (secondary N) is 1. The number of nitro groups is 1. The van der Waals surface area contributed by atoms with Crippen molar-refractivity contribution in [2.75, 3.05) is 5.32 Å². The molecule has 1 aromatic carbocycles. The summed E-state index contributed by atoms with van der Waals surface area (Å²) in [5.41, 5.74) is 0.562. The monoisotopic (exact) mass is 356 g/mol. The second-order valence-corrected chi connectivity index (χ2v) is 5.84. The fraction of sp³-hybridized carbons (Fsp3) is 0.533. The Balaban J connectivity index is 2.34. The van der Waals surface area contributed by atoms with Crippen LogP contribution in [0.15, 0.2) is 22.7 Å². The van der Waals surface area contributed by atoms with Gasteiger partial charge in [-0.1, -0.05) is 39.0 Å². The maximum atomic E-state index is 11.8. The molecule has 0 bridgehead atoms.